The van der Waals surface area contributed by atoms with E-state index in [0.29, 0.717) is 25.9 Å². The van der Waals surface area contributed by atoms with Gasteiger partial charge in [-0.15, -0.1) is 0 Å². The molecule has 1 amide bonds. The van der Waals surface area contributed by atoms with Gasteiger partial charge in [-0.3, -0.25) is 4.90 Å². The summed E-state index contributed by atoms with van der Waals surface area (Å²) in [6, 6.07) is -0.419. The highest BCUT2D eigenvalue weighted by Gasteiger charge is 2.38. The van der Waals surface area contributed by atoms with E-state index in [2.05, 4.69) is 5.32 Å². The van der Waals surface area contributed by atoms with Crippen molar-refractivity contribution in [3.05, 3.63) is 0 Å². The van der Waals surface area contributed by atoms with Crippen molar-refractivity contribution in [1.82, 2.24) is 10.2 Å². The molecule has 0 spiro atoms. The second-order valence-corrected chi connectivity index (χ2v) is 5.70. The molecule has 0 saturated carbocycles. The summed E-state index contributed by atoms with van der Waals surface area (Å²) in [5.41, 5.74) is -0.798. The van der Waals surface area contributed by atoms with E-state index in [1.807, 2.05) is 0 Å². The fraction of sp³-hybridized carbons (Fsp3) is 0.917. The van der Waals surface area contributed by atoms with E-state index in [1.54, 1.807) is 20.8 Å². The molecule has 0 atom stereocenters. The quantitative estimate of drug-likeness (QED) is 0.846. The zero-order valence-electron chi connectivity index (χ0n) is 11.5. The largest absolute Gasteiger partial charge is 0.444 e. The van der Waals surface area contributed by atoms with Crippen molar-refractivity contribution in [3.63, 3.8) is 0 Å². The number of nitrogens with one attached hydrogen (secondary N) is 1. The molecule has 0 unspecified atom stereocenters. The molecule has 0 aromatic rings. The number of ether oxygens (including phenoxy) is 1. The van der Waals surface area contributed by atoms with Crippen molar-refractivity contribution >= 4 is 6.09 Å². The van der Waals surface area contributed by atoms with Crippen LogP contribution in [0.4, 0.5) is 18.0 Å². The molecule has 7 heteroatoms. The number of halogens is 3. The fourth-order valence-corrected chi connectivity index (χ4v) is 1.97. The Hall–Kier alpha value is -0.980. The first-order valence-corrected chi connectivity index (χ1v) is 6.35. The van der Waals surface area contributed by atoms with Gasteiger partial charge in [0, 0.05) is 6.04 Å². The molecule has 19 heavy (non-hydrogen) atoms. The summed E-state index contributed by atoms with van der Waals surface area (Å²) in [6.07, 6.45) is -4.29. The molecule has 0 aromatic heterocycles. The Morgan fingerprint density at radius 1 is 1.26 bits per heavy atom. The molecule has 4 nitrogen and oxygen atoms in total. The van der Waals surface area contributed by atoms with Crippen molar-refractivity contribution in [2.45, 2.75) is 51.4 Å². The van der Waals surface area contributed by atoms with Crippen molar-refractivity contribution in [2.75, 3.05) is 19.6 Å². The molecule has 1 saturated heterocycles. The van der Waals surface area contributed by atoms with Gasteiger partial charge in [-0.05, 0) is 46.7 Å². The lowest BCUT2D eigenvalue weighted by molar-refractivity contribution is -0.150. The smallest absolute Gasteiger partial charge is 0.410 e. The minimum absolute atomic E-state index is 0.419. The summed E-state index contributed by atoms with van der Waals surface area (Å²) < 4.78 is 42.8. The van der Waals surface area contributed by atoms with E-state index < -0.39 is 30.5 Å². The molecule has 1 heterocycles. The number of nitrogens with zero attached hydrogens (tertiary/aromatic N) is 1. The maximum atomic E-state index is 12.6. The first-order chi connectivity index (χ1) is 8.58. The van der Waals surface area contributed by atoms with Gasteiger partial charge >= 0.3 is 12.3 Å². The van der Waals surface area contributed by atoms with Gasteiger partial charge in [0.1, 0.15) is 12.1 Å². The summed E-state index contributed by atoms with van der Waals surface area (Å²) >= 11 is 0. The summed E-state index contributed by atoms with van der Waals surface area (Å²) in [6.45, 7) is 4.88. The molecule has 1 aliphatic rings. The number of carbonyl (C=O) groups is 1. The van der Waals surface area contributed by atoms with Crippen molar-refractivity contribution < 1.29 is 22.7 Å². The van der Waals surface area contributed by atoms with Gasteiger partial charge in [0.05, 0.1) is 0 Å². The molecule has 112 valence electrons. The van der Waals surface area contributed by atoms with Crippen LogP contribution in [0.15, 0.2) is 0 Å². The van der Waals surface area contributed by atoms with Crippen LogP contribution in [-0.4, -0.2) is 48.4 Å². The Morgan fingerprint density at radius 2 is 1.79 bits per heavy atom. The van der Waals surface area contributed by atoms with Crippen molar-refractivity contribution in [3.8, 4) is 0 Å². The Balaban J connectivity index is 2.76. The second-order valence-electron chi connectivity index (χ2n) is 5.70. The van der Waals surface area contributed by atoms with Gasteiger partial charge in [-0.2, -0.15) is 13.2 Å². The maximum absolute atomic E-state index is 12.6. The molecule has 0 bridgehead atoms. The number of carbonyl (C=O) groups excluding carboxylic acids is 1. The Bertz CT molecular complexity index is 307. The van der Waals surface area contributed by atoms with Crippen molar-refractivity contribution in [2.24, 2.45) is 0 Å². The molecule has 0 aromatic carbocycles. The van der Waals surface area contributed by atoms with Crippen LogP contribution >= 0.6 is 0 Å². The normalized spacial score (nSPS) is 18.2. The van der Waals surface area contributed by atoms with E-state index in [0.717, 1.165) is 4.90 Å². The number of amides is 1. The lowest BCUT2D eigenvalue weighted by Gasteiger charge is -2.36. The molecule has 0 radical (unpaired) electrons. The zero-order chi connectivity index (χ0) is 14.7. The van der Waals surface area contributed by atoms with Crippen LogP contribution in [0.5, 0.6) is 0 Å². The van der Waals surface area contributed by atoms with Crippen LogP contribution in [0.2, 0.25) is 0 Å². The standard InChI is InChI=1S/C12H21F3N2O2/c1-11(2,3)19-10(18)17(8-12(13,14)15)9-4-6-16-7-5-9/h9,16H,4-8H2,1-3H3. The van der Waals surface area contributed by atoms with Gasteiger partial charge in [0.25, 0.3) is 0 Å². The molecule has 1 rings (SSSR count). The first-order valence-electron chi connectivity index (χ1n) is 6.35. The molecular weight excluding hydrogens is 261 g/mol. The highest BCUT2D eigenvalue weighted by Crippen LogP contribution is 2.23. The minimum atomic E-state index is -4.41. The zero-order valence-corrected chi connectivity index (χ0v) is 11.5. The molecule has 1 N–H and O–H groups in total. The van der Waals surface area contributed by atoms with E-state index >= 15 is 0 Å². The summed E-state index contributed by atoms with van der Waals surface area (Å²) in [7, 11) is 0. The lowest BCUT2D eigenvalue weighted by Crippen LogP contribution is -2.51. The highest BCUT2D eigenvalue weighted by atomic mass is 19.4. The fourth-order valence-electron chi connectivity index (χ4n) is 1.97. The number of rotatable bonds is 2. The molecule has 1 fully saturated rings. The van der Waals surface area contributed by atoms with Crippen LogP contribution < -0.4 is 5.32 Å². The number of hydrogen-bond donors (Lipinski definition) is 1. The van der Waals surface area contributed by atoms with Crippen LogP contribution in [0, 0.1) is 0 Å². The third-order valence-corrected chi connectivity index (χ3v) is 2.73. The number of alkyl halides is 3. The molecule has 0 aliphatic carbocycles. The Kier molecular flexibility index (Phi) is 5.06. The van der Waals surface area contributed by atoms with E-state index in [1.165, 1.54) is 0 Å². The van der Waals surface area contributed by atoms with Gasteiger partial charge < -0.3 is 10.1 Å². The van der Waals surface area contributed by atoms with Gasteiger partial charge in [0.15, 0.2) is 0 Å². The summed E-state index contributed by atoms with van der Waals surface area (Å²) in [4.78, 5) is 12.7. The highest BCUT2D eigenvalue weighted by molar-refractivity contribution is 5.68. The topological polar surface area (TPSA) is 41.6 Å². The Labute approximate surface area is 111 Å². The first kappa shape index (κ1) is 16.1. The van der Waals surface area contributed by atoms with E-state index in [-0.39, 0.29) is 0 Å². The summed E-state index contributed by atoms with van der Waals surface area (Å²) in [5.74, 6) is 0. The van der Waals surface area contributed by atoms with Gasteiger partial charge in [-0.25, -0.2) is 4.79 Å². The average Bonchev–Trinajstić information content (AvgIpc) is 2.23. The van der Waals surface area contributed by atoms with Crippen LogP contribution in [0.1, 0.15) is 33.6 Å². The van der Waals surface area contributed by atoms with E-state index in [9.17, 15) is 18.0 Å². The molecule has 1 aliphatic heterocycles. The van der Waals surface area contributed by atoms with Crippen molar-refractivity contribution in [1.29, 1.82) is 0 Å². The van der Waals surface area contributed by atoms with E-state index in [4.69, 9.17) is 4.74 Å². The number of hydrogen-bond acceptors (Lipinski definition) is 3. The monoisotopic (exact) mass is 282 g/mol. The maximum Gasteiger partial charge on any atom is 0.410 e. The third-order valence-electron chi connectivity index (χ3n) is 2.73. The third kappa shape index (κ3) is 6.13. The van der Waals surface area contributed by atoms with Crippen LogP contribution in [0.3, 0.4) is 0 Å². The van der Waals surface area contributed by atoms with Crippen LogP contribution in [-0.2, 0) is 4.74 Å². The average molecular weight is 282 g/mol. The predicted octanol–water partition coefficient (Wildman–Crippen LogP) is 2.54. The van der Waals surface area contributed by atoms with Gasteiger partial charge in [0.2, 0.25) is 0 Å². The van der Waals surface area contributed by atoms with Gasteiger partial charge in [-0.1, -0.05) is 0 Å². The second kappa shape index (κ2) is 5.98. The Morgan fingerprint density at radius 3 is 2.21 bits per heavy atom. The number of piperidine rings is 1. The van der Waals surface area contributed by atoms with Crippen LogP contribution in [0.25, 0.3) is 0 Å². The lowest BCUT2D eigenvalue weighted by atomic mass is 10.1. The predicted molar refractivity (Wildman–Crippen MR) is 64.9 cm³/mol. The minimum Gasteiger partial charge on any atom is -0.444 e. The summed E-state index contributed by atoms with van der Waals surface area (Å²) in [5, 5.41) is 3.06. The molecular formula is C12H21F3N2O2. The SMILES string of the molecule is CC(C)(C)OC(=O)N(CC(F)(F)F)C1CCNCC1.